The average molecular weight is 284 g/mol. The number of carbonyl (C=O) groups excluding carboxylic acids is 1. The van der Waals surface area contributed by atoms with E-state index >= 15 is 0 Å². The molecule has 5 heteroatoms. The van der Waals surface area contributed by atoms with Gasteiger partial charge in [0.2, 0.25) is 0 Å². The third-order valence-corrected chi connectivity index (χ3v) is 4.21. The number of likely N-dealkylation sites (tertiary alicyclic amines) is 1. The monoisotopic (exact) mass is 284 g/mol. The number of carboxylic acid groups (broad SMARTS) is 1. The van der Waals surface area contributed by atoms with Crippen LogP contribution in [0, 0.1) is 0 Å². The van der Waals surface area contributed by atoms with Crippen LogP contribution in [0.4, 0.5) is 4.79 Å². The minimum Gasteiger partial charge on any atom is -0.480 e. The molecule has 116 valence electrons. The number of carbonyl (C=O) groups is 2. The zero-order valence-electron chi connectivity index (χ0n) is 12.9. The number of urea groups is 1. The van der Waals surface area contributed by atoms with Crippen molar-refractivity contribution < 1.29 is 14.7 Å². The van der Waals surface area contributed by atoms with Crippen LogP contribution < -0.4 is 5.32 Å². The largest absolute Gasteiger partial charge is 0.480 e. The molecule has 2 atom stereocenters. The van der Waals surface area contributed by atoms with Crippen LogP contribution in [-0.2, 0) is 4.79 Å². The van der Waals surface area contributed by atoms with Gasteiger partial charge in [-0.1, -0.05) is 32.6 Å². The lowest BCUT2D eigenvalue weighted by molar-refractivity contribution is -0.147. The van der Waals surface area contributed by atoms with Crippen LogP contribution in [0.3, 0.4) is 0 Å². The van der Waals surface area contributed by atoms with E-state index in [1.165, 1.54) is 24.2 Å². The SMILES string of the molecule is CCCCCCC(C)NC(=O)N1CCCC1(C)C(=O)O. The molecule has 2 N–H and O–H groups in total. The first kappa shape index (κ1) is 16.8. The molecule has 0 saturated carbocycles. The van der Waals surface area contributed by atoms with E-state index in [0.29, 0.717) is 13.0 Å². The fourth-order valence-corrected chi connectivity index (χ4v) is 2.75. The summed E-state index contributed by atoms with van der Waals surface area (Å²) in [4.78, 5) is 25.0. The molecule has 0 radical (unpaired) electrons. The molecule has 0 aromatic carbocycles. The lowest BCUT2D eigenvalue weighted by Crippen LogP contribution is -2.55. The predicted molar refractivity (Wildman–Crippen MR) is 78.7 cm³/mol. The van der Waals surface area contributed by atoms with Gasteiger partial charge in [-0.3, -0.25) is 0 Å². The minimum absolute atomic E-state index is 0.0954. The van der Waals surface area contributed by atoms with Crippen LogP contribution in [-0.4, -0.2) is 40.1 Å². The van der Waals surface area contributed by atoms with Crippen LogP contribution in [0.2, 0.25) is 0 Å². The second-order valence-corrected chi connectivity index (χ2v) is 6.03. The smallest absolute Gasteiger partial charge is 0.329 e. The summed E-state index contributed by atoms with van der Waals surface area (Å²) < 4.78 is 0. The number of hydrogen-bond donors (Lipinski definition) is 2. The molecule has 0 spiro atoms. The Balaban J connectivity index is 2.43. The molecule has 1 aliphatic heterocycles. The molecule has 1 heterocycles. The van der Waals surface area contributed by atoms with Crippen molar-refractivity contribution in [3.05, 3.63) is 0 Å². The Kier molecular flexibility index (Phi) is 6.30. The Morgan fingerprint density at radius 1 is 1.35 bits per heavy atom. The van der Waals surface area contributed by atoms with E-state index in [1.807, 2.05) is 6.92 Å². The summed E-state index contributed by atoms with van der Waals surface area (Å²) in [6, 6.07) is -0.145. The summed E-state index contributed by atoms with van der Waals surface area (Å²) in [5.41, 5.74) is -1.05. The van der Waals surface area contributed by atoms with E-state index < -0.39 is 11.5 Å². The molecule has 2 unspecified atom stereocenters. The first-order valence-electron chi connectivity index (χ1n) is 7.73. The Morgan fingerprint density at radius 2 is 2.05 bits per heavy atom. The molecular formula is C15H28N2O3. The van der Waals surface area contributed by atoms with E-state index in [2.05, 4.69) is 12.2 Å². The Labute approximate surface area is 121 Å². The highest BCUT2D eigenvalue weighted by Crippen LogP contribution is 2.29. The molecule has 1 fully saturated rings. The Hall–Kier alpha value is -1.26. The number of carboxylic acids is 1. The summed E-state index contributed by atoms with van der Waals surface area (Å²) >= 11 is 0. The van der Waals surface area contributed by atoms with Crippen LogP contribution in [0.5, 0.6) is 0 Å². The third kappa shape index (κ3) is 4.12. The van der Waals surface area contributed by atoms with Gasteiger partial charge in [-0.2, -0.15) is 0 Å². The summed E-state index contributed by atoms with van der Waals surface area (Å²) in [6.45, 7) is 6.31. The lowest BCUT2D eigenvalue weighted by Gasteiger charge is -2.32. The normalized spacial score (nSPS) is 23.6. The number of nitrogens with one attached hydrogen (secondary N) is 1. The second-order valence-electron chi connectivity index (χ2n) is 6.03. The highest BCUT2D eigenvalue weighted by Gasteiger charge is 2.46. The van der Waals surface area contributed by atoms with Gasteiger partial charge in [0.05, 0.1) is 0 Å². The zero-order valence-corrected chi connectivity index (χ0v) is 12.9. The Morgan fingerprint density at radius 3 is 2.65 bits per heavy atom. The molecule has 0 bridgehead atoms. The van der Waals surface area contributed by atoms with Gasteiger partial charge in [0.25, 0.3) is 0 Å². The molecule has 0 aromatic rings. The van der Waals surface area contributed by atoms with Crippen molar-refractivity contribution in [1.29, 1.82) is 0 Å². The van der Waals surface area contributed by atoms with Gasteiger partial charge in [-0.15, -0.1) is 0 Å². The first-order valence-corrected chi connectivity index (χ1v) is 7.73. The van der Waals surface area contributed by atoms with Crippen molar-refractivity contribution in [1.82, 2.24) is 10.2 Å². The van der Waals surface area contributed by atoms with Crippen molar-refractivity contribution in [2.45, 2.75) is 77.3 Å². The van der Waals surface area contributed by atoms with Crippen molar-refractivity contribution in [3.63, 3.8) is 0 Å². The quantitative estimate of drug-likeness (QED) is 0.706. The average Bonchev–Trinajstić information content (AvgIpc) is 2.78. The van der Waals surface area contributed by atoms with Gasteiger partial charge < -0.3 is 15.3 Å². The van der Waals surface area contributed by atoms with Crippen molar-refractivity contribution >= 4 is 12.0 Å². The molecule has 1 rings (SSSR count). The molecule has 5 nitrogen and oxygen atoms in total. The van der Waals surface area contributed by atoms with Gasteiger partial charge in [0.1, 0.15) is 5.54 Å². The summed E-state index contributed by atoms with van der Waals surface area (Å²) in [6.07, 6.45) is 6.94. The number of aliphatic carboxylic acids is 1. The van der Waals surface area contributed by atoms with Crippen molar-refractivity contribution in [2.75, 3.05) is 6.54 Å². The number of hydrogen-bond acceptors (Lipinski definition) is 2. The maximum atomic E-state index is 12.2. The van der Waals surface area contributed by atoms with Gasteiger partial charge >= 0.3 is 12.0 Å². The van der Waals surface area contributed by atoms with Crippen molar-refractivity contribution in [3.8, 4) is 0 Å². The number of unbranched alkanes of at least 4 members (excludes halogenated alkanes) is 3. The minimum atomic E-state index is -1.05. The van der Waals surface area contributed by atoms with E-state index in [4.69, 9.17) is 0 Å². The maximum absolute atomic E-state index is 12.2. The van der Waals surface area contributed by atoms with Gasteiger partial charge in [0.15, 0.2) is 0 Å². The van der Waals surface area contributed by atoms with E-state index in [-0.39, 0.29) is 12.1 Å². The van der Waals surface area contributed by atoms with Crippen LogP contribution >= 0.6 is 0 Å². The summed E-state index contributed by atoms with van der Waals surface area (Å²) in [7, 11) is 0. The van der Waals surface area contributed by atoms with E-state index in [9.17, 15) is 14.7 Å². The highest BCUT2D eigenvalue weighted by molar-refractivity contribution is 5.86. The molecule has 20 heavy (non-hydrogen) atoms. The second kappa shape index (κ2) is 7.50. The zero-order chi connectivity index (χ0) is 15.2. The summed E-state index contributed by atoms with van der Waals surface area (Å²) in [5, 5.41) is 12.2. The highest BCUT2D eigenvalue weighted by atomic mass is 16.4. The van der Waals surface area contributed by atoms with Gasteiger partial charge in [-0.05, 0) is 33.1 Å². The lowest BCUT2D eigenvalue weighted by atomic mass is 10.00. The standard InChI is InChI=1S/C15H28N2O3/c1-4-5-6-7-9-12(2)16-14(20)17-11-8-10-15(17,3)13(18)19/h12H,4-11H2,1-3H3,(H,16,20)(H,18,19). The fraction of sp³-hybridized carbons (Fsp3) is 0.867. The van der Waals surface area contributed by atoms with Crippen molar-refractivity contribution in [2.24, 2.45) is 0 Å². The topological polar surface area (TPSA) is 69.6 Å². The number of amides is 2. The van der Waals surface area contributed by atoms with E-state index in [1.54, 1.807) is 6.92 Å². The predicted octanol–water partition coefficient (Wildman–Crippen LogP) is 2.99. The summed E-state index contributed by atoms with van der Waals surface area (Å²) in [5.74, 6) is -0.916. The molecule has 0 aliphatic carbocycles. The van der Waals surface area contributed by atoms with Crippen LogP contribution in [0.15, 0.2) is 0 Å². The molecular weight excluding hydrogens is 256 g/mol. The van der Waals surface area contributed by atoms with E-state index in [0.717, 1.165) is 19.3 Å². The number of nitrogens with zero attached hydrogens (tertiary/aromatic N) is 1. The maximum Gasteiger partial charge on any atom is 0.329 e. The van der Waals surface area contributed by atoms with Crippen LogP contribution in [0.1, 0.15) is 65.7 Å². The molecule has 0 aromatic heterocycles. The molecule has 1 aliphatic rings. The number of rotatable bonds is 7. The van der Waals surface area contributed by atoms with Crippen LogP contribution in [0.25, 0.3) is 0 Å². The molecule has 1 saturated heterocycles. The Bertz CT molecular complexity index is 346. The first-order chi connectivity index (χ1) is 9.41. The van der Waals surface area contributed by atoms with Gasteiger partial charge in [-0.25, -0.2) is 9.59 Å². The molecule has 2 amide bonds. The third-order valence-electron chi connectivity index (χ3n) is 4.21. The van der Waals surface area contributed by atoms with Gasteiger partial charge in [0, 0.05) is 12.6 Å². The fourth-order valence-electron chi connectivity index (χ4n) is 2.75.